The van der Waals surface area contributed by atoms with Gasteiger partial charge in [-0.2, -0.15) is 11.3 Å². The lowest BCUT2D eigenvalue weighted by Crippen LogP contribution is -2.43. The number of ether oxygens (including phenoxy) is 1. The van der Waals surface area contributed by atoms with Crippen LogP contribution in [0.2, 0.25) is 0 Å². The van der Waals surface area contributed by atoms with Gasteiger partial charge >= 0.3 is 0 Å². The Morgan fingerprint density at radius 3 is 2.57 bits per heavy atom. The Kier molecular flexibility index (Phi) is 5.45. The number of hydrogen-bond donors (Lipinski definition) is 1. The quantitative estimate of drug-likeness (QED) is 0.865. The number of nitrogens with one attached hydrogen (secondary N) is 1. The molecule has 7 heteroatoms. The molecule has 0 radical (unpaired) electrons. The van der Waals surface area contributed by atoms with Gasteiger partial charge in [0.1, 0.15) is 0 Å². The molecule has 1 aromatic carbocycles. The van der Waals surface area contributed by atoms with Crippen LogP contribution in [0.5, 0.6) is 0 Å². The number of rotatable bonds is 6. The molecule has 0 aliphatic carbocycles. The molecule has 0 bridgehead atoms. The van der Waals surface area contributed by atoms with Crippen molar-refractivity contribution < 1.29 is 13.2 Å². The highest BCUT2D eigenvalue weighted by atomic mass is 32.2. The van der Waals surface area contributed by atoms with E-state index < -0.39 is 10.0 Å². The Balaban J connectivity index is 1.74. The number of morpholine rings is 1. The standard InChI is InChI=1S/C16H20N2O3S2/c19-23(20,15-4-2-1-3-5-15)17-12-16(14-6-11-22-13-14)18-7-9-21-10-8-18/h1-6,11,13,16-17H,7-10,12H2/t16-/m0/s1. The summed E-state index contributed by atoms with van der Waals surface area (Å²) in [4.78, 5) is 2.57. The summed E-state index contributed by atoms with van der Waals surface area (Å²) < 4.78 is 33.0. The first-order chi connectivity index (χ1) is 11.2. The van der Waals surface area contributed by atoms with Gasteiger partial charge < -0.3 is 4.74 Å². The highest BCUT2D eigenvalue weighted by molar-refractivity contribution is 7.89. The third-order valence-electron chi connectivity index (χ3n) is 3.93. The fraction of sp³-hybridized carbons (Fsp3) is 0.375. The molecule has 0 spiro atoms. The Bertz CT molecular complexity index is 696. The molecule has 1 aliphatic heterocycles. The molecular formula is C16H20N2O3S2. The number of sulfonamides is 1. The van der Waals surface area contributed by atoms with Gasteiger partial charge in [-0.1, -0.05) is 18.2 Å². The van der Waals surface area contributed by atoms with E-state index in [2.05, 4.69) is 21.1 Å². The van der Waals surface area contributed by atoms with E-state index in [1.54, 1.807) is 41.7 Å². The predicted octanol–water partition coefficient (Wildman–Crippen LogP) is 2.10. The summed E-state index contributed by atoms with van der Waals surface area (Å²) >= 11 is 1.63. The smallest absolute Gasteiger partial charge is 0.240 e. The van der Waals surface area contributed by atoms with Crippen LogP contribution in [0.3, 0.4) is 0 Å². The van der Waals surface area contributed by atoms with Gasteiger partial charge in [0.2, 0.25) is 10.0 Å². The van der Waals surface area contributed by atoms with E-state index in [9.17, 15) is 8.42 Å². The molecule has 1 saturated heterocycles. The van der Waals surface area contributed by atoms with Crippen LogP contribution in [0.25, 0.3) is 0 Å². The molecule has 1 N–H and O–H groups in total. The zero-order valence-electron chi connectivity index (χ0n) is 12.7. The molecule has 0 saturated carbocycles. The summed E-state index contributed by atoms with van der Waals surface area (Å²) in [7, 11) is -3.49. The second kappa shape index (κ2) is 7.55. The summed E-state index contributed by atoms with van der Waals surface area (Å²) in [6.07, 6.45) is 0. The molecule has 1 aromatic heterocycles. The molecular weight excluding hydrogens is 332 g/mol. The monoisotopic (exact) mass is 352 g/mol. The Morgan fingerprint density at radius 2 is 1.91 bits per heavy atom. The molecule has 23 heavy (non-hydrogen) atoms. The molecule has 2 aromatic rings. The lowest BCUT2D eigenvalue weighted by molar-refractivity contribution is 0.0173. The maximum atomic E-state index is 12.4. The van der Waals surface area contributed by atoms with Gasteiger partial charge in [-0.3, -0.25) is 4.90 Å². The predicted molar refractivity (Wildman–Crippen MR) is 91.1 cm³/mol. The SMILES string of the molecule is O=S(=O)(NC[C@@H](c1ccsc1)N1CCOCC1)c1ccccc1. The second-order valence-corrected chi connectivity index (χ2v) is 7.93. The number of thiophene rings is 1. The molecule has 124 valence electrons. The van der Waals surface area contributed by atoms with E-state index in [0.29, 0.717) is 24.7 Å². The van der Waals surface area contributed by atoms with E-state index in [4.69, 9.17) is 4.74 Å². The third kappa shape index (κ3) is 4.19. The number of nitrogens with zero attached hydrogens (tertiary/aromatic N) is 1. The summed E-state index contributed by atoms with van der Waals surface area (Å²) in [5, 5.41) is 4.10. The van der Waals surface area contributed by atoms with Crippen LogP contribution in [0.4, 0.5) is 0 Å². The third-order valence-corrected chi connectivity index (χ3v) is 6.08. The summed E-state index contributed by atoms with van der Waals surface area (Å²) in [6.45, 7) is 3.35. The largest absolute Gasteiger partial charge is 0.379 e. The highest BCUT2D eigenvalue weighted by Gasteiger charge is 2.25. The van der Waals surface area contributed by atoms with Gasteiger partial charge in [-0.05, 0) is 34.5 Å². The van der Waals surface area contributed by atoms with Gasteiger partial charge in [0.15, 0.2) is 0 Å². The van der Waals surface area contributed by atoms with Crippen molar-refractivity contribution in [3.8, 4) is 0 Å². The molecule has 1 atom stereocenters. The molecule has 0 amide bonds. The highest BCUT2D eigenvalue weighted by Crippen LogP contribution is 2.24. The summed E-state index contributed by atoms with van der Waals surface area (Å²) in [6, 6.07) is 10.6. The molecule has 5 nitrogen and oxygen atoms in total. The van der Waals surface area contributed by atoms with Crippen molar-refractivity contribution in [2.45, 2.75) is 10.9 Å². The molecule has 2 heterocycles. The van der Waals surface area contributed by atoms with Crippen molar-refractivity contribution in [1.29, 1.82) is 0 Å². The van der Waals surface area contributed by atoms with Crippen molar-refractivity contribution in [3.05, 3.63) is 52.7 Å². The van der Waals surface area contributed by atoms with E-state index in [1.807, 2.05) is 5.38 Å². The van der Waals surface area contributed by atoms with Gasteiger partial charge in [-0.15, -0.1) is 0 Å². The number of hydrogen-bond acceptors (Lipinski definition) is 5. The van der Waals surface area contributed by atoms with Crippen molar-refractivity contribution in [3.63, 3.8) is 0 Å². The van der Waals surface area contributed by atoms with Crippen molar-refractivity contribution in [1.82, 2.24) is 9.62 Å². The van der Waals surface area contributed by atoms with Crippen LogP contribution in [0, 0.1) is 0 Å². The zero-order chi connectivity index (χ0) is 16.1. The Labute approximate surface area is 140 Å². The minimum Gasteiger partial charge on any atom is -0.379 e. The maximum Gasteiger partial charge on any atom is 0.240 e. The molecule has 3 rings (SSSR count). The van der Waals surface area contributed by atoms with E-state index in [0.717, 1.165) is 18.7 Å². The zero-order valence-corrected chi connectivity index (χ0v) is 14.4. The fourth-order valence-corrected chi connectivity index (χ4v) is 4.45. The first-order valence-electron chi connectivity index (χ1n) is 7.55. The minimum atomic E-state index is -3.49. The van der Waals surface area contributed by atoms with E-state index >= 15 is 0 Å². The average Bonchev–Trinajstić information content (AvgIpc) is 3.11. The van der Waals surface area contributed by atoms with Crippen LogP contribution in [0.15, 0.2) is 52.1 Å². The van der Waals surface area contributed by atoms with Gasteiger partial charge in [0, 0.05) is 25.7 Å². The van der Waals surface area contributed by atoms with Crippen LogP contribution in [-0.2, 0) is 14.8 Å². The van der Waals surface area contributed by atoms with E-state index in [-0.39, 0.29) is 6.04 Å². The lowest BCUT2D eigenvalue weighted by atomic mass is 10.1. The summed E-state index contributed by atoms with van der Waals surface area (Å²) in [5.41, 5.74) is 1.15. The topological polar surface area (TPSA) is 58.6 Å². The van der Waals surface area contributed by atoms with Gasteiger partial charge in [0.05, 0.1) is 18.1 Å². The van der Waals surface area contributed by atoms with Gasteiger partial charge in [-0.25, -0.2) is 13.1 Å². The molecule has 1 aliphatic rings. The van der Waals surface area contributed by atoms with E-state index in [1.165, 1.54) is 0 Å². The minimum absolute atomic E-state index is 0.0311. The van der Waals surface area contributed by atoms with Crippen LogP contribution < -0.4 is 4.72 Å². The van der Waals surface area contributed by atoms with Crippen LogP contribution in [-0.4, -0.2) is 46.2 Å². The van der Waals surface area contributed by atoms with Crippen LogP contribution in [0.1, 0.15) is 11.6 Å². The van der Waals surface area contributed by atoms with Gasteiger partial charge in [0.25, 0.3) is 0 Å². The number of benzene rings is 1. The first kappa shape index (κ1) is 16.6. The van der Waals surface area contributed by atoms with Crippen LogP contribution >= 0.6 is 11.3 Å². The normalized spacial score (nSPS) is 17.9. The fourth-order valence-electron chi connectivity index (χ4n) is 2.68. The summed E-state index contributed by atoms with van der Waals surface area (Å²) in [5.74, 6) is 0. The Morgan fingerprint density at radius 1 is 1.17 bits per heavy atom. The molecule has 1 fully saturated rings. The Hall–Kier alpha value is -1.25. The van der Waals surface area contributed by atoms with Crippen molar-refractivity contribution in [2.75, 3.05) is 32.8 Å². The lowest BCUT2D eigenvalue weighted by Gasteiger charge is -2.34. The first-order valence-corrected chi connectivity index (χ1v) is 9.98. The maximum absolute atomic E-state index is 12.4. The average molecular weight is 352 g/mol. The van der Waals surface area contributed by atoms with Crippen molar-refractivity contribution in [2.24, 2.45) is 0 Å². The molecule has 0 unspecified atom stereocenters. The van der Waals surface area contributed by atoms with Crippen molar-refractivity contribution >= 4 is 21.4 Å². The second-order valence-electron chi connectivity index (χ2n) is 5.39.